The van der Waals surface area contributed by atoms with Gasteiger partial charge in [-0.3, -0.25) is 0 Å². The van der Waals surface area contributed by atoms with E-state index in [1.165, 1.54) is 0 Å². The molecular formula is C10H21N5O5S. The number of ether oxygens (including phenoxy) is 1. The van der Waals surface area contributed by atoms with Crippen LogP contribution in [0.4, 0.5) is 4.79 Å². The van der Waals surface area contributed by atoms with Crippen molar-refractivity contribution in [3.63, 3.8) is 0 Å². The van der Waals surface area contributed by atoms with Gasteiger partial charge >= 0.3 is 16.3 Å². The molecule has 0 aromatic heterocycles. The van der Waals surface area contributed by atoms with Gasteiger partial charge in [-0.05, 0) is 26.8 Å². The summed E-state index contributed by atoms with van der Waals surface area (Å²) >= 11 is 0. The van der Waals surface area contributed by atoms with Gasteiger partial charge in [0.2, 0.25) is 0 Å². The maximum atomic E-state index is 12.0. The predicted octanol–water partition coefficient (Wildman–Crippen LogP) is -1.22. The van der Waals surface area contributed by atoms with Crippen molar-refractivity contribution in [1.82, 2.24) is 14.3 Å². The van der Waals surface area contributed by atoms with Crippen LogP contribution in [0.2, 0.25) is 0 Å². The number of nitrogens with two attached hydrogens (primary N) is 1. The third kappa shape index (κ3) is 4.72. The summed E-state index contributed by atoms with van der Waals surface area (Å²) in [5.74, 6) is -0.246. The highest BCUT2D eigenvalue weighted by atomic mass is 32.2. The molecule has 0 aromatic carbocycles. The van der Waals surface area contributed by atoms with Crippen molar-refractivity contribution in [2.45, 2.75) is 25.3 Å². The number of piperidine rings is 1. The van der Waals surface area contributed by atoms with Crippen molar-refractivity contribution in [3.8, 4) is 0 Å². The van der Waals surface area contributed by atoms with Crippen molar-refractivity contribution in [3.05, 3.63) is 0 Å². The van der Waals surface area contributed by atoms with Gasteiger partial charge in [0.25, 0.3) is 0 Å². The van der Waals surface area contributed by atoms with Crippen LogP contribution in [-0.2, 0) is 14.9 Å². The molecule has 0 atom stereocenters. The molecule has 122 valence electrons. The normalized spacial score (nSPS) is 20.0. The van der Waals surface area contributed by atoms with Crippen molar-refractivity contribution in [1.29, 1.82) is 0 Å². The molecule has 0 radical (unpaired) electrons. The minimum atomic E-state index is -4.20. The average molecular weight is 323 g/mol. The average Bonchev–Trinajstić information content (AvgIpc) is 2.40. The van der Waals surface area contributed by atoms with Gasteiger partial charge in [0, 0.05) is 13.1 Å². The molecule has 0 aromatic rings. The lowest BCUT2D eigenvalue weighted by Crippen LogP contribution is -2.63. The maximum Gasteiger partial charge on any atom is 0.421 e. The second-order valence-electron chi connectivity index (χ2n) is 4.80. The Balaban J connectivity index is 2.89. The summed E-state index contributed by atoms with van der Waals surface area (Å²) in [5.41, 5.74) is 4.40. The van der Waals surface area contributed by atoms with Gasteiger partial charge in [0.15, 0.2) is 5.84 Å². The van der Waals surface area contributed by atoms with Gasteiger partial charge in [0.1, 0.15) is 0 Å². The van der Waals surface area contributed by atoms with Crippen molar-refractivity contribution >= 4 is 22.1 Å². The van der Waals surface area contributed by atoms with Gasteiger partial charge in [0.05, 0.1) is 12.1 Å². The largest absolute Gasteiger partial charge is 0.449 e. The van der Waals surface area contributed by atoms with Crippen LogP contribution in [-0.4, -0.2) is 62.7 Å². The standard InChI is InChI=1S/C10H21N5O5S/c1-3-20-9(16)13-21(18,19)14-10(8(11)12-17)4-6-15(2)7-5-10/h14,17H,3-7H2,1-2H3,(H2,11,12)(H,13,16). The molecule has 5 N–H and O–H groups in total. The number of nitrogens with zero attached hydrogens (tertiary/aromatic N) is 2. The summed E-state index contributed by atoms with van der Waals surface area (Å²) in [6.45, 7) is 2.70. The number of likely N-dealkylation sites (tertiary alicyclic amines) is 1. The number of hydrogen-bond acceptors (Lipinski definition) is 7. The molecular weight excluding hydrogens is 302 g/mol. The first-order valence-corrected chi connectivity index (χ1v) is 7.88. The number of nitrogens with one attached hydrogen (secondary N) is 2. The maximum absolute atomic E-state index is 12.0. The number of oxime groups is 1. The number of carbonyl (C=O) groups is 1. The summed E-state index contributed by atoms with van der Waals surface area (Å²) in [5, 5.41) is 11.8. The van der Waals surface area contributed by atoms with Crippen LogP contribution in [0, 0.1) is 0 Å². The SMILES string of the molecule is CCOC(=O)NS(=O)(=O)NC1(C(N)=NO)CCN(C)CC1. The lowest BCUT2D eigenvalue weighted by molar-refractivity contribution is 0.158. The smallest absolute Gasteiger partial charge is 0.421 e. The summed E-state index contributed by atoms with van der Waals surface area (Å²) in [6.07, 6.45) is -0.473. The number of amidine groups is 1. The molecule has 0 saturated carbocycles. The highest BCUT2D eigenvalue weighted by Gasteiger charge is 2.42. The fraction of sp³-hybridized carbons (Fsp3) is 0.800. The number of carbonyl (C=O) groups excluding carboxylic acids is 1. The second-order valence-corrected chi connectivity index (χ2v) is 6.21. The van der Waals surface area contributed by atoms with Crippen molar-refractivity contribution in [2.75, 3.05) is 26.7 Å². The minimum absolute atomic E-state index is 0.0392. The molecule has 0 bridgehead atoms. The molecule has 1 aliphatic rings. The fourth-order valence-electron chi connectivity index (χ4n) is 2.06. The molecule has 1 saturated heterocycles. The lowest BCUT2D eigenvalue weighted by Gasteiger charge is -2.39. The third-order valence-electron chi connectivity index (χ3n) is 3.26. The molecule has 1 fully saturated rings. The van der Waals surface area contributed by atoms with Gasteiger partial charge < -0.3 is 20.6 Å². The van der Waals surface area contributed by atoms with Crippen LogP contribution in [0.1, 0.15) is 19.8 Å². The van der Waals surface area contributed by atoms with Crippen LogP contribution in [0.25, 0.3) is 0 Å². The summed E-state index contributed by atoms with van der Waals surface area (Å²) < 4.78 is 32.4. The van der Waals surface area contributed by atoms with Gasteiger partial charge in [-0.25, -0.2) is 9.52 Å². The highest BCUT2D eigenvalue weighted by Crippen LogP contribution is 2.22. The van der Waals surface area contributed by atoms with E-state index >= 15 is 0 Å². The molecule has 1 amide bonds. The molecule has 0 unspecified atom stereocenters. The van der Waals surface area contributed by atoms with E-state index in [0.717, 1.165) is 0 Å². The zero-order chi connectivity index (χ0) is 16.1. The van der Waals surface area contributed by atoms with Crippen LogP contribution >= 0.6 is 0 Å². The first kappa shape index (κ1) is 17.5. The molecule has 1 aliphatic heterocycles. The van der Waals surface area contributed by atoms with Crippen LogP contribution in [0.5, 0.6) is 0 Å². The van der Waals surface area contributed by atoms with Gasteiger partial charge in [-0.1, -0.05) is 5.16 Å². The Labute approximate surface area is 123 Å². The molecule has 1 heterocycles. The first-order chi connectivity index (χ1) is 9.74. The van der Waals surface area contributed by atoms with E-state index in [2.05, 4.69) is 14.6 Å². The number of rotatable bonds is 5. The summed E-state index contributed by atoms with van der Waals surface area (Å²) in [6, 6.07) is 0. The molecule has 11 heteroatoms. The number of hydrogen-bond donors (Lipinski definition) is 4. The van der Waals surface area contributed by atoms with Crippen molar-refractivity contribution < 1.29 is 23.2 Å². The minimum Gasteiger partial charge on any atom is -0.449 e. The van der Waals surface area contributed by atoms with Crippen LogP contribution in [0.3, 0.4) is 0 Å². The van der Waals surface area contributed by atoms with Crippen molar-refractivity contribution in [2.24, 2.45) is 10.9 Å². The van der Waals surface area contributed by atoms with E-state index in [1.807, 2.05) is 11.9 Å². The zero-order valence-corrected chi connectivity index (χ0v) is 12.8. The van der Waals surface area contributed by atoms with E-state index in [0.29, 0.717) is 25.9 Å². The molecule has 0 spiro atoms. The molecule has 1 rings (SSSR count). The molecule has 0 aliphatic carbocycles. The predicted molar refractivity (Wildman–Crippen MR) is 75.1 cm³/mol. The Bertz CT molecular complexity index is 498. The second kappa shape index (κ2) is 6.91. The third-order valence-corrected chi connectivity index (χ3v) is 4.36. The Morgan fingerprint density at radius 2 is 2.05 bits per heavy atom. The summed E-state index contributed by atoms with van der Waals surface area (Å²) in [7, 11) is -2.32. The Morgan fingerprint density at radius 3 is 2.52 bits per heavy atom. The topological polar surface area (TPSA) is 146 Å². The molecule has 10 nitrogen and oxygen atoms in total. The van der Waals surface area contributed by atoms with Gasteiger partial charge in [-0.2, -0.15) is 13.1 Å². The molecule has 21 heavy (non-hydrogen) atoms. The lowest BCUT2D eigenvalue weighted by atomic mass is 9.88. The van der Waals surface area contributed by atoms with E-state index in [1.54, 1.807) is 11.6 Å². The Kier molecular flexibility index (Phi) is 5.75. The van der Waals surface area contributed by atoms with Crippen LogP contribution in [0.15, 0.2) is 5.16 Å². The Hall–Kier alpha value is -1.59. The van der Waals surface area contributed by atoms with E-state index in [-0.39, 0.29) is 12.4 Å². The van der Waals surface area contributed by atoms with E-state index < -0.39 is 21.8 Å². The monoisotopic (exact) mass is 323 g/mol. The fourth-order valence-corrected chi connectivity index (χ4v) is 3.21. The number of amides is 1. The Morgan fingerprint density at radius 1 is 1.48 bits per heavy atom. The highest BCUT2D eigenvalue weighted by molar-refractivity contribution is 7.88. The van der Waals surface area contributed by atoms with Crippen LogP contribution < -0.4 is 15.2 Å². The first-order valence-electron chi connectivity index (χ1n) is 6.39. The summed E-state index contributed by atoms with van der Waals surface area (Å²) in [4.78, 5) is 13.2. The van der Waals surface area contributed by atoms with E-state index in [4.69, 9.17) is 10.9 Å². The van der Waals surface area contributed by atoms with E-state index in [9.17, 15) is 13.2 Å². The van der Waals surface area contributed by atoms with Gasteiger partial charge in [-0.15, -0.1) is 0 Å². The zero-order valence-electron chi connectivity index (χ0n) is 12.0. The quantitative estimate of drug-likeness (QED) is 0.214.